The van der Waals surface area contributed by atoms with Gasteiger partial charge in [0.25, 0.3) is 0 Å². The van der Waals surface area contributed by atoms with Crippen LogP contribution in [0.4, 0.5) is 15.8 Å². The molecule has 0 fully saturated rings. The first-order chi connectivity index (χ1) is 8.61. The van der Waals surface area contributed by atoms with Crippen LogP contribution in [-0.4, -0.2) is 0 Å². The van der Waals surface area contributed by atoms with Crippen molar-refractivity contribution < 1.29 is 4.39 Å². The van der Waals surface area contributed by atoms with Crippen LogP contribution in [0.5, 0.6) is 0 Å². The Labute approximate surface area is 117 Å². The fraction of sp³-hybridized carbons (Fsp3) is 0. The molecule has 0 radical (unpaired) electrons. The van der Waals surface area contributed by atoms with Gasteiger partial charge in [-0.25, -0.2) is 4.39 Å². The normalized spacial score (nSPS) is 9.89. The summed E-state index contributed by atoms with van der Waals surface area (Å²) in [6, 6.07) is 11.5. The topological polar surface area (TPSA) is 35.8 Å². The predicted octanol–water partition coefficient (Wildman–Crippen LogP) is 4.86. The number of nitriles is 1. The molecular formula is C13H7BrClFN2. The largest absolute Gasteiger partial charge is 0.353 e. The van der Waals surface area contributed by atoms with Crippen LogP contribution in [0.2, 0.25) is 5.02 Å². The molecule has 2 aromatic rings. The first-order valence-electron chi connectivity index (χ1n) is 5.02. The molecule has 2 nitrogen and oxygen atoms in total. The maximum absolute atomic E-state index is 13.4. The molecule has 0 aliphatic rings. The second kappa shape index (κ2) is 5.38. The average Bonchev–Trinajstić information content (AvgIpc) is 2.33. The maximum Gasteiger partial charge on any atom is 0.143 e. The zero-order chi connectivity index (χ0) is 13.1. The summed E-state index contributed by atoms with van der Waals surface area (Å²) < 4.78 is 14.3. The highest BCUT2D eigenvalue weighted by Gasteiger charge is 2.09. The van der Waals surface area contributed by atoms with Crippen LogP contribution in [-0.2, 0) is 0 Å². The van der Waals surface area contributed by atoms with Crippen molar-refractivity contribution >= 4 is 38.9 Å². The van der Waals surface area contributed by atoms with Gasteiger partial charge in [0.15, 0.2) is 0 Å². The van der Waals surface area contributed by atoms with Crippen LogP contribution < -0.4 is 5.32 Å². The second-order valence-corrected chi connectivity index (χ2v) is 4.85. The highest BCUT2D eigenvalue weighted by molar-refractivity contribution is 9.10. The average molecular weight is 326 g/mol. The van der Waals surface area contributed by atoms with E-state index in [0.29, 0.717) is 16.4 Å². The summed E-state index contributed by atoms with van der Waals surface area (Å²) in [6.45, 7) is 0. The number of nitrogens with zero attached hydrogens (tertiary/aromatic N) is 1. The van der Waals surface area contributed by atoms with E-state index in [1.807, 2.05) is 6.07 Å². The van der Waals surface area contributed by atoms with E-state index in [1.165, 1.54) is 12.1 Å². The molecule has 2 aromatic carbocycles. The molecule has 2 rings (SSSR count). The van der Waals surface area contributed by atoms with Gasteiger partial charge < -0.3 is 5.32 Å². The minimum Gasteiger partial charge on any atom is -0.353 e. The minimum absolute atomic E-state index is 0.0310. The Kier molecular flexibility index (Phi) is 3.85. The number of hydrogen-bond donors (Lipinski definition) is 1. The highest BCUT2D eigenvalue weighted by Crippen LogP contribution is 2.30. The van der Waals surface area contributed by atoms with Crippen LogP contribution in [0, 0.1) is 17.1 Å². The van der Waals surface area contributed by atoms with Crippen LogP contribution in [0.25, 0.3) is 0 Å². The van der Waals surface area contributed by atoms with Gasteiger partial charge in [0.1, 0.15) is 17.4 Å². The third-order valence-electron chi connectivity index (χ3n) is 2.33. The Morgan fingerprint density at radius 2 is 2.00 bits per heavy atom. The van der Waals surface area contributed by atoms with E-state index in [2.05, 4.69) is 21.2 Å². The van der Waals surface area contributed by atoms with Gasteiger partial charge in [0.2, 0.25) is 0 Å². The quantitative estimate of drug-likeness (QED) is 0.856. The molecular weight excluding hydrogens is 319 g/mol. The Hall–Kier alpha value is -1.57. The SMILES string of the molecule is N#Cc1c(F)cccc1Nc1ccc(Br)cc1Cl. The van der Waals surface area contributed by atoms with Gasteiger partial charge in [-0.05, 0) is 30.3 Å². The summed E-state index contributed by atoms with van der Waals surface area (Å²) >= 11 is 9.34. The summed E-state index contributed by atoms with van der Waals surface area (Å²) in [4.78, 5) is 0. The summed E-state index contributed by atoms with van der Waals surface area (Å²) in [6.07, 6.45) is 0. The monoisotopic (exact) mass is 324 g/mol. The molecule has 0 aromatic heterocycles. The molecule has 0 atom stereocenters. The fourth-order valence-electron chi connectivity index (χ4n) is 1.48. The van der Waals surface area contributed by atoms with Crippen molar-refractivity contribution in [2.24, 2.45) is 0 Å². The van der Waals surface area contributed by atoms with Crippen LogP contribution in [0.15, 0.2) is 40.9 Å². The fourth-order valence-corrected chi connectivity index (χ4v) is 2.20. The third kappa shape index (κ3) is 2.63. The molecule has 0 aliphatic heterocycles. The van der Waals surface area contributed by atoms with Crippen molar-refractivity contribution in [3.63, 3.8) is 0 Å². The van der Waals surface area contributed by atoms with E-state index in [9.17, 15) is 4.39 Å². The lowest BCUT2D eigenvalue weighted by Crippen LogP contribution is -1.96. The van der Waals surface area contributed by atoms with Gasteiger partial charge in [0.05, 0.1) is 16.4 Å². The van der Waals surface area contributed by atoms with Crippen LogP contribution in [0.3, 0.4) is 0 Å². The molecule has 5 heteroatoms. The van der Waals surface area contributed by atoms with E-state index in [4.69, 9.17) is 16.9 Å². The van der Waals surface area contributed by atoms with Crippen molar-refractivity contribution in [2.45, 2.75) is 0 Å². The molecule has 0 aliphatic carbocycles. The molecule has 0 saturated carbocycles. The van der Waals surface area contributed by atoms with Crippen molar-refractivity contribution in [1.29, 1.82) is 5.26 Å². The van der Waals surface area contributed by atoms with Gasteiger partial charge in [-0.2, -0.15) is 5.26 Å². The van der Waals surface area contributed by atoms with E-state index >= 15 is 0 Å². The van der Waals surface area contributed by atoms with Crippen molar-refractivity contribution in [2.75, 3.05) is 5.32 Å². The molecule has 0 unspecified atom stereocenters. The molecule has 18 heavy (non-hydrogen) atoms. The van der Waals surface area contributed by atoms with E-state index in [1.54, 1.807) is 24.3 Å². The van der Waals surface area contributed by atoms with Crippen molar-refractivity contribution in [3.05, 3.63) is 57.3 Å². The van der Waals surface area contributed by atoms with Gasteiger partial charge in [-0.3, -0.25) is 0 Å². The Morgan fingerprint density at radius 1 is 1.22 bits per heavy atom. The van der Waals surface area contributed by atoms with Gasteiger partial charge in [0, 0.05) is 4.47 Å². The molecule has 1 N–H and O–H groups in total. The Balaban J connectivity index is 2.41. The van der Waals surface area contributed by atoms with Gasteiger partial charge in [-0.1, -0.05) is 33.6 Å². The second-order valence-electron chi connectivity index (χ2n) is 3.52. The summed E-state index contributed by atoms with van der Waals surface area (Å²) in [5.41, 5.74) is 0.972. The standard InChI is InChI=1S/C13H7BrClFN2/c14-8-4-5-13(10(15)6-8)18-12-3-1-2-11(16)9(12)7-17/h1-6,18H. The van der Waals surface area contributed by atoms with Crippen LogP contribution >= 0.6 is 27.5 Å². The summed E-state index contributed by atoms with van der Waals surface area (Å²) in [7, 11) is 0. The first-order valence-corrected chi connectivity index (χ1v) is 6.19. The first kappa shape index (κ1) is 12.9. The summed E-state index contributed by atoms with van der Waals surface area (Å²) in [5.74, 6) is -0.560. The summed E-state index contributed by atoms with van der Waals surface area (Å²) in [5, 5.41) is 12.3. The molecule has 0 bridgehead atoms. The highest BCUT2D eigenvalue weighted by atomic mass is 79.9. The number of hydrogen-bond acceptors (Lipinski definition) is 2. The number of nitrogens with one attached hydrogen (secondary N) is 1. The van der Waals surface area contributed by atoms with Crippen molar-refractivity contribution in [3.8, 4) is 6.07 Å². The Bertz CT molecular complexity index is 637. The number of benzene rings is 2. The minimum atomic E-state index is -0.560. The predicted molar refractivity (Wildman–Crippen MR) is 73.5 cm³/mol. The molecule has 0 spiro atoms. The molecule has 0 saturated heterocycles. The lowest BCUT2D eigenvalue weighted by Gasteiger charge is -2.10. The van der Waals surface area contributed by atoms with Gasteiger partial charge >= 0.3 is 0 Å². The molecule has 90 valence electrons. The van der Waals surface area contributed by atoms with Gasteiger partial charge in [-0.15, -0.1) is 0 Å². The number of halogens is 3. The molecule has 0 amide bonds. The lowest BCUT2D eigenvalue weighted by molar-refractivity contribution is 0.624. The van der Waals surface area contributed by atoms with E-state index in [0.717, 1.165) is 4.47 Å². The van der Waals surface area contributed by atoms with Crippen molar-refractivity contribution in [1.82, 2.24) is 0 Å². The number of anilines is 2. The van der Waals surface area contributed by atoms with E-state index in [-0.39, 0.29) is 5.56 Å². The van der Waals surface area contributed by atoms with E-state index < -0.39 is 5.82 Å². The van der Waals surface area contributed by atoms with Crippen LogP contribution in [0.1, 0.15) is 5.56 Å². The zero-order valence-electron chi connectivity index (χ0n) is 9.05. The number of rotatable bonds is 2. The zero-order valence-corrected chi connectivity index (χ0v) is 11.4. The lowest BCUT2D eigenvalue weighted by atomic mass is 10.1. The Morgan fingerprint density at radius 3 is 2.67 bits per heavy atom. The third-order valence-corrected chi connectivity index (χ3v) is 3.13. The molecule has 0 heterocycles. The maximum atomic E-state index is 13.4. The smallest absolute Gasteiger partial charge is 0.143 e.